The predicted octanol–water partition coefficient (Wildman–Crippen LogP) is 1.53. The lowest BCUT2D eigenvalue weighted by molar-refractivity contribution is 0.187. The molecule has 0 aliphatic heterocycles. The van der Waals surface area contributed by atoms with Crippen LogP contribution in [0.25, 0.3) is 11.4 Å². The highest BCUT2D eigenvalue weighted by atomic mass is 16.5. The second-order valence-electron chi connectivity index (χ2n) is 4.42. The van der Waals surface area contributed by atoms with Crippen molar-refractivity contribution in [2.75, 3.05) is 19.0 Å². The number of nitrogens with zero attached hydrogens (tertiary/aromatic N) is 4. The molecular formula is C12H15N5O3. The number of carboxylic acid groups (broad SMARTS) is 1. The number of hydrogen-bond donors (Lipinski definition) is 2. The van der Waals surface area contributed by atoms with E-state index in [-0.39, 0.29) is 5.89 Å². The van der Waals surface area contributed by atoms with Crippen molar-refractivity contribution in [3.63, 3.8) is 0 Å². The van der Waals surface area contributed by atoms with E-state index in [9.17, 15) is 4.79 Å². The number of anilines is 1. The van der Waals surface area contributed by atoms with E-state index in [1.807, 2.05) is 25.1 Å². The van der Waals surface area contributed by atoms with Gasteiger partial charge in [0.25, 0.3) is 0 Å². The van der Waals surface area contributed by atoms with Crippen molar-refractivity contribution in [3.05, 3.63) is 24.2 Å². The fourth-order valence-corrected chi connectivity index (χ4v) is 1.58. The van der Waals surface area contributed by atoms with Gasteiger partial charge in [-0.15, -0.1) is 0 Å². The van der Waals surface area contributed by atoms with Crippen LogP contribution in [0.4, 0.5) is 10.6 Å². The molecule has 106 valence electrons. The fraction of sp³-hybridized carbons (Fsp3) is 0.333. The molecule has 0 aliphatic carbocycles. The summed E-state index contributed by atoms with van der Waals surface area (Å²) < 4.78 is 5.06. The minimum Gasteiger partial charge on any atom is -0.465 e. The quantitative estimate of drug-likeness (QED) is 0.873. The van der Waals surface area contributed by atoms with E-state index in [0.717, 1.165) is 11.4 Å². The van der Waals surface area contributed by atoms with Gasteiger partial charge in [-0.2, -0.15) is 4.98 Å². The maximum absolute atomic E-state index is 10.6. The standard InChI is InChI=1S/C12H15N5O3/c1-7(14-12(18)19)11-15-10(16-20-11)8-4-5-13-9(6-8)17(2)3/h4-7,14H,1-3H3,(H,18,19). The first kappa shape index (κ1) is 13.8. The zero-order valence-electron chi connectivity index (χ0n) is 11.4. The van der Waals surface area contributed by atoms with Gasteiger partial charge in [0.1, 0.15) is 11.9 Å². The topological polar surface area (TPSA) is 104 Å². The number of nitrogens with one attached hydrogen (secondary N) is 1. The van der Waals surface area contributed by atoms with Crippen molar-refractivity contribution in [1.82, 2.24) is 20.4 Å². The summed E-state index contributed by atoms with van der Waals surface area (Å²) in [4.78, 5) is 20.8. The minimum absolute atomic E-state index is 0.214. The summed E-state index contributed by atoms with van der Waals surface area (Å²) >= 11 is 0. The highest BCUT2D eigenvalue weighted by Gasteiger charge is 2.17. The Kier molecular flexibility index (Phi) is 3.83. The molecule has 2 aromatic heterocycles. The summed E-state index contributed by atoms with van der Waals surface area (Å²) in [6.45, 7) is 1.63. The van der Waals surface area contributed by atoms with Crippen LogP contribution in [-0.4, -0.2) is 40.4 Å². The van der Waals surface area contributed by atoms with E-state index in [0.29, 0.717) is 5.82 Å². The number of amides is 1. The van der Waals surface area contributed by atoms with Gasteiger partial charge in [-0.25, -0.2) is 9.78 Å². The molecular weight excluding hydrogens is 262 g/mol. The largest absolute Gasteiger partial charge is 0.465 e. The summed E-state index contributed by atoms with van der Waals surface area (Å²) in [7, 11) is 3.76. The van der Waals surface area contributed by atoms with Crippen molar-refractivity contribution >= 4 is 11.9 Å². The maximum Gasteiger partial charge on any atom is 0.405 e. The van der Waals surface area contributed by atoms with E-state index in [1.54, 1.807) is 19.2 Å². The monoisotopic (exact) mass is 277 g/mol. The molecule has 1 unspecified atom stereocenters. The molecule has 20 heavy (non-hydrogen) atoms. The zero-order chi connectivity index (χ0) is 14.7. The first-order chi connectivity index (χ1) is 9.47. The Morgan fingerprint density at radius 2 is 2.25 bits per heavy atom. The molecule has 0 radical (unpaired) electrons. The van der Waals surface area contributed by atoms with E-state index in [2.05, 4.69) is 20.4 Å². The van der Waals surface area contributed by atoms with Crippen LogP contribution in [0.3, 0.4) is 0 Å². The average molecular weight is 277 g/mol. The van der Waals surface area contributed by atoms with Gasteiger partial charge in [0.2, 0.25) is 11.7 Å². The molecule has 2 N–H and O–H groups in total. The molecule has 0 aliphatic rings. The zero-order valence-corrected chi connectivity index (χ0v) is 11.4. The molecule has 1 amide bonds. The molecule has 8 nitrogen and oxygen atoms in total. The average Bonchev–Trinajstić information content (AvgIpc) is 2.87. The molecule has 2 aromatic rings. The van der Waals surface area contributed by atoms with Crippen molar-refractivity contribution in [1.29, 1.82) is 0 Å². The maximum atomic E-state index is 10.6. The summed E-state index contributed by atoms with van der Waals surface area (Å²) in [5.74, 6) is 1.38. The Balaban J connectivity index is 2.24. The van der Waals surface area contributed by atoms with E-state index < -0.39 is 12.1 Å². The van der Waals surface area contributed by atoms with Gasteiger partial charge in [0, 0.05) is 25.9 Å². The lowest BCUT2D eigenvalue weighted by atomic mass is 10.2. The van der Waals surface area contributed by atoms with Crippen molar-refractivity contribution in [3.8, 4) is 11.4 Å². The molecule has 1 atom stereocenters. The molecule has 0 saturated carbocycles. The third kappa shape index (κ3) is 3.02. The second-order valence-corrected chi connectivity index (χ2v) is 4.42. The fourth-order valence-electron chi connectivity index (χ4n) is 1.58. The van der Waals surface area contributed by atoms with Gasteiger partial charge >= 0.3 is 6.09 Å². The lowest BCUT2D eigenvalue weighted by Crippen LogP contribution is -2.24. The second kappa shape index (κ2) is 5.55. The SMILES string of the molecule is CC(NC(=O)O)c1nc(-c2ccnc(N(C)C)c2)no1. The van der Waals surface area contributed by atoms with Gasteiger partial charge in [-0.3, -0.25) is 0 Å². The van der Waals surface area contributed by atoms with Crippen LogP contribution in [0.5, 0.6) is 0 Å². The summed E-state index contributed by atoms with van der Waals surface area (Å²) in [5.41, 5.74) is 0.751. The van der Waals surface area contributed by atoms with E-state index >= 15 is 0 Å². The normalized spacial score (nSPS) is 11.9. The van der Waals surface area contributed by atoms with Gasteiger partial charge < -0.3 is 19.8 Å². The minimum atomic E-state index is -1.14. The molecule has 0 saturated heterocycles. The molecule has 0 aromatic carbocycles. The van der Waals surface area contributed by atoms with Crippen LogP contribution in [0.2, 0.25) is 0 Å². The third-order valence-electron chi connectivity index (χ3n) is 2.61. The number of hydrogen-bond acceptors (Lipinski definition) is 6. The summed E-state index contributed by atoms with van der Waals surface area (Å²) in [5, 5.41) is 14.8. The van der Waals surface area contributed by atoms with Crippen LogP contribution in [-0.2, 0) is 0 Å². The van der Waals surface area contributed by atoms with Crippen LogP contribution in [0.1, 0.15) is 18.9 Å². The Morgan fingerprint density at radius 3 is 2.90 bits per heavy atom. The molecule has 0 bridgehead atoms. The van der Waals surface area contributed by atoms with Crippen molar-refractivity contribution in [2.24, 2.45) is 0 Å². The Labute approximate surface area is 115 Å². The van der Waals surface area contributed by atoms with Crippen molar-refractivity contribution < 1.29 is 14.4 Å². The molecule has 2 heterocycles. The summed E-state index contributed by atoms with van der Waals surface area (Å²) in [6, 6.07) is 3.02. The summed E-state index contributed by atoms with van der Waals surface area (Å²) in [6.07, 6.45) is 0.510. The third-order valence-corrected chi connectivity index (χ3v) is 2.61. The highest BCUT2D eigenvalue weighted by molar-refractivity contribution is 5.65. The first-order valence-electron chi connectivity index (χ1n) is 5.94. The number of pyridine rings is 1. The van der Waals surface area contributed by atoms with Gasteiger partial charge in [0.05, 0.1) is 0 Å². The van der Waals surface area contributed by atoms with Crippen LogP contribution in [0.15, 0.2) is 22.9 Å². The number of carbonyl (C=O) groups is 1. The first-order valence-corrected chi connectivity index (χ1v) is 5.94. The molecule has 2 rings (SSSR count). The van der Waals surface area contributed by atoms with Gasteiger partial charge in [-0.05, 0) is 19.1 Å². The van der Waals surface area contributed by atoms with Crippen LogP contribution >= 0.6 is 0 Å². The lowest BCUT2D eigenvalue weighted by Gasteiger charge is -2.10. The van der Waals surface area contributed by atoms with Crippen molar-refractivity contribution in [2.45, 2.75) is 13.0 Å². The van der Waals surface area contributed by atoms with E-state index in [1.165, 1.54) is 0 Å². The molecule has 0 spiro atoms. The Hall–Kier alpha value is -2.64. The molecule has 0 fully saturated rings. The predicted molar refractivity (Wildman–Crippen MR) is 71.4 cm³/mol. The Bertz CT molecular complexity index is 611. The molecule has 8 heteroatoms. The van der Waals surface area contributed by atoms with E-state index in [4.69, 9.17) is 9.63 Å². The highest BCUT2D eigenvalue weighted by Crippen LogP contribution is 2.21. The van der Waals surface area contributed by atoms with Crippen LogP contribution in [0, 0.1) is 0 Å². The Morgan fingerprint density at radius 1 is 1.50 bits per heavy atom. The number of aromatic nitrogens is 3. The van der Waals surface area contributed by atoms with Gasteiger partial charge in [0.15, 0.2) is 0 Å². The van der Waals surface area contributed by atoms with Gasteiger partial charge in [-0.1, -0.05) is 5.16 Å². The number of rotatable bonds is 4. The van der Waals surface area contributed by atoms with Crippen LogP contribution < -0.4 is 10.2 Å². The smallest absolute Gasteiger partial charge is 0.405 e.